The van der Waals surface area contributed by atoms with Gasteiger partial charge in [-0.1, -0.05) is 42.8 Å². The van der Waals surface area contributed by atoms with Gasteiger partial charge in [-0.25, -0.2) is 13.2 Å². The average molecular weight is 1280 g/mol. The highest BCUT2D eigenvalue weighted by Gasteiger charge is 2.49. The van der Waals surface area contributed by atoms with E-state index >= 15 is 18.8 Å². The Balaban J connectivity index is 1.04. The highest BCUT2D eigenvalue weighted by molar-refractivity contribution is 6.01. The molecule has 5 aliphatic rings. The fourth-order valence-corrected chi connectivity index (χ4v) is 13.0. The Morgan fingerprint density at radius 2 is 1.49 bits per heavy atom. The summed E-state index contributed by atoms with van der Waals surface area (Å²) >= 11 is 0. The number of amides is 8. The van der Waals surface area contributed by atoms with E-state index in [0.717, 1.165) is 4.90 Å². The number of aliphatic hydroxyl groups excluding tert-OH is 1. The van der Waals surface area contributed by atoms with Gasteiger partial charge in [0.2, 0.25) is 41.4 Å². The first-order valence-electron chi connectivity index (χ1n) is 31.6. The molecule has 9 N–H and O–H groups in total. The predicted molar refractivity (Wildman–Crippen MR) is 337 cm³/mol. The van der Waals surface area contributed by atoms with E-state index in [4.69, 9.17) is 10.5 Å². The predicted octanol–water partition coefficient (Wildman–Crippen LogP) is 5.11. The fourth-order valence-electron chi connectivity index (χ4n) is 13.0. The zero-order valence-corrected chi connectivity index (χ0v) is 52.5. The number of hydrogen-bond acceptors (Lipinski definition) is 12. The zero-order chi connectivity index (χ0) is 66.8. The summed E-state index contributed by atoms with van der Waals surface area (Å²) in [7, 11) is 1.47. The second kappa shape index (κ2) is 30.0. The molecule has 5 heterocycles. The van der Waals surface area contributed by atoms with Crippen molar-refractivity contribution >= 4 is 75.3 Å². The number of primary amides is 1. The number of halogens is 3. The number of ketones is 2. The molecular formula is C69H80F3N9O12. The summed E-state index contributed by atoms with van der Waals surface area (Å²) in [5, 5.41) is 25.3. The van der Waals surface area contributed by atoms with E-state index in [1.165, 1.54) is 62.3 Å². The Kier molecular flexibility index (Phi) is 22.0. The zero-order valence-electron chi connectivity index (χ0n) is 52.5. The number of benzene rings is 4. The Hall–Kier alpha value is -9.19. The molecule has 4 aliphatic heterocycles. The van der Waals surface area contributed by atoms with Gasteiger partial charge in [0.25, 0.3) is 5.91 Å². The molecule has 10 atom stereocenters. The largest absolute Gasteiger partial charge is 0.497 e. The standard InChI is InChI=1S/C69H80F3N9O12/c1-38-58(83)32-46(29-47-36-75-54-23-19-49(71)34-53(47)54)64(88)77-56(31-44-17-16-43-30-48(70)18-22-52(43)44)67(91)80-37-50(72)35-57(80)65(89)79-61(39(2)82)66(90)78-55(28-41-12-20-51(93-4)21-13-41)68(92)81-26-8-24-69(81,3)59(84)33-45(62(73)86)27-40-10-14-42(15-11-40)63(87)74-25-7-5-6-9-60(85)76-38/h10-15,17-23,30,34,36,38-39,45-46,50,55-57,61,75,82H,5-9,16,24-29,31-33,35,37H2,1-4H3,(H2,73,86)(H,74,87)(H,76,85)(H,77,88)(H,78,90)(H,79,89)/t38-,39+,45-,46-,50+,55+,56+,57+,61+,69+/m1/s1. The number of fused-ring (bicyclic) bond motifs is 29. The minimum Gasteiger partial charge on any atom is -0.497 e. The number of allylic oxidation sites excluding steroid dienone is 1. The summed E-state index contributed by atoms with van der Waals surface area (Å²) in [4.78, 5) is 149. The summed E-state index contributed by atoms with van der Waals surface area (Å²) in [5.74, 6) is -10.2. The van der Waals surface area contributed by atoms with Crippen LogP contribution in [0.4, 0.5) is 13.2 Å². The molecule has 0 spiro atoms. The number of methoxy groups -OCH3 is 1. The number of aliphatic hydroxyl groups is 1. The molecule has 0 radical (unpaired) electrons. The van der Waals surface area contributed by atoms with Crippen molar-refractivity contribution in [2.45, 2.75) is 159 Å². The molecule has 21 nitrogen and oxygen atoms in total. The van der Waals surface area contributed by atoms with Crippen LogP contribution in [0.5, 0.6) is 5.75 Å². The van der Waals surface area contributed by atoms with Crippen LogP contribution in [0, 0.1) is 23.5 Å². The van der Waals surface area contributed by atoms with Crippen LogP contribution in [0.3, 0.4) is 0 Å². The third-order valence-corrected chi connectivity index (χ3v) is 18.4. The van der Waals surface area contributed by atoms with Crippen molar-refractivity contribution in [2.75, 3.05) is 26.7 Å². The van der Waals surface area contributed by atoms with Gasteiger partial charge in [0.05, 0.1) is 31.3 Å². The van der Waals surface area contributed by atoms with E-state index < -0.39 is 144 Å². The molecule has 93 heavy (non-hydrogen) atoms. The molecular weight excluding hydrogens is 1200 g/mol. The number of carbonyl (C=O) groups excluding carboxylic acids is 10. The molecule has 0 unspecified atom stereocenters. The minimum atomic E-state index is -1.85. The lowest BCUT2D eigenvalue weighted by molar-refractivity contribution is -0.147. The maximum absolute atomic E-state index is 16.0. The van der Waals surface area contributed by atoms with Crippen molar-refractivity contribution in [3.05, 3.63) is 142 Å². The van der Waals surface area contributed by atoms with Crippen LogP contribution in [0.2, 0.25) is 0 Å². The lowest BCUT2D eigenvalue weighted by atomic mass is 9.84. The number of nitrogens with two attached hydrogens (primary N) is 1. The molecule has 0 saturated carbocycles. The van der Waals surface area contributed by atoms with E-state index in [-0.39, 0.29) is 70.4 Å². The molecule has 2 bridgehead atoms. The molecule has 8 amide bonds. The van der Waals surface area contributed by atoms with Gasteiger partial charge in [0.15, 0.2) is 11.6 Å². The third-order valence-electron chi connectivity index (χ3n) is 18.4. The number of Topliss-reactive ketones (excluding diaryl/α,β-unsaturated/α-hetero) is 2. The number of carbonyl (C=O) groups is 10. The van der Waals surface area contributed by atoms with Crippen molar-refractivity contribution in [1.29, 1.82) is 0 Å². The van der Waals surface area contributed by atoms with Gasteiger partial charge in [-0.3, -0.25) is 47.9 Å². The van der Waals surface area contributed by atoms with Crippen LogP contribution in [0.25, 0.3) is 16.5 Å². The minimum absolute atomic E-state index is 0.0226. The van der Waals surface area contributed by atoms with E-state index in [1.54, 1.807) is 67.7 Å². The van der Waals surface area contributed by atoms with Gasteiger partial charge in [-0.2, -0.15) is 0 Å². The van der Waals surface area contributed by atoms with Gasteiger partial charge in [-0.15, -0.1) is 0 Å². The Morgan fingerprint density at radius 3 is 2.22 bits per heavy atom. The van der Waals surface area contributed by atoms with Crippen LogP contribution < -0.4 is 37.1 Å². The number of aromatic nitrogens is 1. The SMILES string of the molecule is COc1ccc(C[C@@H]2NC(=O)[C@H]([C@H](C)O)NC(=O)[C@@H]3C[C@H](F)CN3C(=O)[C@H](CC3=CCc4cc(F)ccc43)NC(=O)[C@H](Cc3c[nH]c4ccc(F)cc34)CC(=O)[C@@H](C)NC(=O)CCCCCNC(=O)c3ccc(cc3)C[C@@H](C(N)=O)CC(=O)[C@]3(C)CCCN3C2=O)cc1. The van der Waals surface area contributed by atoms with E-state index in [9.17, 15) is 47.4 Å². The van der Waals surface area contributed by atoms with Crippen molar-refractivity contribution in [1.82, 2.24) is 41.4 Å². The fraction of sp³-hybridized carbons (Fsp3) is 0.449. The van der Waals surface area contributed by atoms with Gasteiger partial charge >= 0.3 is 0 Å². The quantitative estimate of drug-likeness (QED) is 0.0955. The first-order valence-corrected chi connectivity index (χ1v) is 31.6. The van der Waals surface area contributed by atoms with Gasteiger partial charge in [0.1, 0.15) is 47.7 Å². The number of H-pyrrole nitrogens is 1. The molecule has 10 rings (SSSR count). The van der Waals surface area contributed by atoms with Crippen molar-refractivity contribution in [3.63, 3.8) is 0 Å². The average Bonchev–Trinajstić information content (AvgIpc) is 1.73. The first-order chi connectivity index (χ1) is 44.4. The Bertz CT molecular complexity index is 3690. The molecule has 24 heteroatoms. The van der Waals surface area contributed by atoms with Gasteiger partial charge in [0, 0.05) is 86.1 Å². The molecule has 1 aliphatic carbocycles. The summed E-state index contributed by atoms with van der Waals surface area (Å²) in [6.45, 7) is 3.92. The topological polar surface area (TPSA) is 309 Å². The third kappa shape index (κ3) is 16.5. The first kappa shape index (κ1) is 68.2. The molecule has 2 saturated heterocycles. The lowest BCUT2D eigenvalue weighted by Crippen LogP contribution is -2.62. The maximum atomic E-state index is 16.0. The van der Waals surface area contributed by atoms with Gasteiger partial charge < -0.3 is 56.9 Å². The molecule has 4 aromatic carbocycles. The molecule has 2 fully saturated rings. The number of nitrogens with one attached hydrogen (secondary N) is 6. The summed E-state index contributed by atoms with van der Waals surface area (Å²) in [6.07, 6.45) is 0.00886. The monoisotopic (exact) mass is 1280 g/mol. The number of nitrogens with zero attached hydrogens (tertiary/aromatic N) is 2. The number of rotatable bonds is 9. The number of hydrogen-bond donors (Lipinski definition) is 8. The van der Waals surface area contributed by atoms with E-state index in [1.807, 2.05) is 0 Å². The highest BCUT2D eigenvalue weighted by atomic mass is 19.1. The second-order valence-corrected chi connectivity index (χ2v) is 25.1. The lowest BCUT2D eigenvalue weighted by Gasteiger charge is -2.37. The smallest absolute Gasteiger partial charge is 0.251 e. The number of alkyl halides is 1. The van der Waals surface area contributed by atoms with Crippen molar-refractivity contribution in [3.8, 4) is 5.75 Å². The molecule has 494 valence electrons. The number of ether oxygens (including phenoxy) is 1. The van der Waals surface area contributed by atoms with Crippen LogP contribution in [-0.4, -0.2) is 153 Å². The van der Waals surface area contributed by atoms with Crippen LogP contribution in [0.15, 0.2) is 97.2 Å². The number of aromatic amines is 1. The van der Waals surface area contributed by atoms with Crippen molar-refractivity contribution in [2.24, 2.45) is 17.6 Å². The maximum Gasteiger partial charge on any atom is 0.251 e. The second-order valence-electron chi connectivity index (χ2n) is 25.1. The van der Waals surface area contributed by atoms with Crippen LogP contribution in [0.1, 0.15) is 123 Å². The molecule has 1 aromatic heterocycles. The Morgan fingerprint density at radius 1 is 0.785 bits per heavy atom. The van der Waals surface area contributed by atoms with E-state index in [0.29, 0.717) is 81.3 Å². The summed E-state index contributed by atoms with van der Waals surface area (Å²) < 4.78 is 50.7. The summed E-state index contributed by atoms with van der Waals surface area (Å²) in [5.41, 5.74) is 8.48. The van der Waals surface area contributed by atoms with Gasteiger partial charge in [-0.05, 0) is 154 Å². The highest BCUT2D eigenvalue weighted by Crippen LogP contribution is 2.36. The van der Waals surface area contributed by atoms with E-state index in [2.05, 4.69) is 31.6 Å². The Labute approximate surface area is 536 Å². The normalized spacial score (nSPS) is 25.9. The van der Waals surface area contributed by atoms with Crippen LogP contribution in [-0.2, 0) is 68.8 Å². The van der Waals surface area contributed by atoms with Crippen LogP contribution >= 0.6 is 0 Å². The van der Waals surface area contributed by atoms with Crippen molar-refractivity contribution < 1.29 is 71.0 Å². The molecule has 5 aromatic rings. The summed E-state index contributed by atoms with van der Waals surface area (Å²) in [6, 6.07) is 13.5.